The number of Topliss-reactive ketones (excluding diaryl/α,β-unsaturated/α-hetero) is 1. The van der Waals surface area contributed by atoms with Crippen LogP contribution in [0.1, 0.15) is 78.5 Å². The third-order valence-electron chi connectivity index (χ3n) is 8.66. The van der Waals surface area contributed by atoms with Gasteiger partial charge in [-0.25, -0.2) is 0 Å². The first-order valence-corrected chi connectivity index (χ1v) is 14.7. The molecule has 2 aliphatic rings. The van der Waals surface area contributed by atoms with Gasteiger partial charge >= 0.3 is 6.18 Å². The molecule has 1 amide bonds. The number of likely N-dealkylation sites (tertiary alicyclic amines) is 1. The lowest BCUT2D eigenvalue weighted by atomic mass is 9.74. The summed E-state index contributed by atoms with van der Waals surface area (Å²) in [4.78, 5) is 34.2. The maximum Gasteiger partial charge on any atom is 0.416 e. The van der Waals surface area contributed by atoms with Crippen molar-refractivity contribution in [1.82, 2.24) is 14.8 Å². The third kappa shape index (κ3) is 8.17. The highest BCUT2D eigenvalue weighted by Crippen LogP contribution is 2.42. The summed E-state index contributed by atoms with van der Waals surface area (Å²) in [5, 5.41) is 11.3. The van der Waals surface area contributed by atoms with Crippen LogP contribution in [-0.4, -0.2) is 72.0 Å². The first kappa shape index (κ1) is 32.1. The summed E-state index contributed by atoms with van der Waals surface area (Å²) < 4.78 is 44.5. The number of ether oxygens (including phenoxy) is 1. The van der Waals surface area contributed by atoms with Gasteiger partial charge in [-0.15, -0.1) is 0 Å². The van der Waals surface area contributed by atoms with Crippen LogP contribution in [0, 0.1) is 11.8 Å². The quantitative estimate of drug-likeness (QED) is 0.351. The van der Waals surface area contributed by atoms with Gasteiger partial charge in [0.25, 0.3) is 0 Å². The van der Waals surface area contributed by atoms with E-state index in [9.17, 15) is 27.9 Å². The molecule has 2 heterocycles. The Labute approximate surface area is 246 Å². The summed E-state index contributed by atoms with van der Waals surface area (Å²) in [6, 6.07) is 8.20. The number of ketones is 1. The standard InChI is InChI=1S/C32H42F3N3O4/c1-37(2)19-23-7-9-29(36-18-23)31(41)13-11-22(12-14-31)15-24-16-27(21-42-3)38(20-24)30(40)10-8-28(39)25-5-4-6-26(17-25)32(33,34)35/h4-7,9,17-18,22,24,27,41H,8,10-16,19-21H2,1-3H3/t22?,24-,27-,31?/m0/s1. The number of halogens is 3. The largest absolute Gasteiger partial charge is 0.416 e. The van der Waals surface area contributed by atoms with E-state index in [1.807, 2.05) is 32.4 Å². The number of carbonyl (C=O) groups excluding carboxylic acids is 2. The monoisotopic (exact) mass is 589 g/mol. The summed E-state index contributed by atoms with van der Waals surface area (Å²) >= 11 is 0. The Kier molecular flexibility index (Phi) is 10.4. The van der Waals surface area contributed by atoms with Crippen molar-refractivity contribution in [2.45, 2.75) is 75.7 Å². The van der Waals surface area contributed by atoms with Crippen LogP contribution in [0.15, 0.2) is 42.6 Å². The molecule has 4 rings (SSSR count). The average molecular weight is 590 g/mol. The van der Waals surface area contributed by atoms with E-state index in [0.717, 1.165) is 55.6 Å². The van der Waals surface area contributed by atoms with Crippen molar-refractivity contribution in [3.05, 3.63) is 65.0 Å². The zero-order valence-electron chi connectivity index (χ0n) is 24.7. The first-order valence-electron chi connectivity index (χ1n) is 14.7. The average Bonchev–Trinajstić information content (AvgIpc) is 3.35. The van der Waals surface area contributed by atoms with Crippen molar-refractivity contribution in [2.75, 3.05) is 34.4 Å². The minimum atomic E-state index is -4.53. The van der Waals surface area contributed by atoms with Gasteiger partial charge in [0.2, 0.25) is 5.91 Å². The smallest absolute Gasteiger partial charge is 0.384 e. The predicted molar refractivity (Wildman–Crippen MR) is 153 cm³/mol. The van der Waals surface area contributed by atoms with Gasteiger partial charge < -0.3 is 19.6 Å². The normalized spacial score (nSPS) is 24.8. The van der Waals surface area contributed by atoms with Gasteiger partial charge in [-0.1, -0.05) is 18.2 Å². The molecule has 42 heavy (non-hydrogen) atoms. The van der Waals surface area contributed by atoms with Gasteiger partial charge in [0.1, 0.15) is 5.60 Å². The fourth-order valence-corrected chi connectivity index (χ4v) is 6.49. The molecule has 0 bridgehead atoms. The highest BCUT2D eigenvalue weighted by Gasteiger charge is 2.40. The second-order valence-corrected chi connectivity index (χ2v) is 12.3. The molecule has 1 aromatic carbocycles. The van der Waals surface area contributed by atoms with Crippen molar-refractivity contribution in [1.29, 1.82) is 0 Å². The Hall–Kier alpha value is -2.82. The lowest BCUT2D eigenvalue weighted by Crippen LogP contribution is -2.38. The van der Waals surface area contributed by atoms with Gasteiger partial charge in [0.15, 0.2) is 5.78 Å². The van der Waals surface area contributed by atoms with E-state index in [1.165, 1.54) is 12.1 Å². The number of alkyl halides is 3. The number of rotatable bonds is 11. The number of nitrogens with zero attached hydrogens (tertiary/aromatic N) is 3. The Morgan fingerprint density at radius 2 is 1.86 bits per heavy atom. The van der Waals surface area contributed by atoms with Gasteiger partial charge in [0.05, 0.1) is 23.9 Å². The Bertz CT molecular complexity index is 1210. The van der Waals surface area contributed by atoms with E-state index in [2.05, 4.69) is 9.88 Å². The molecule has 2 aromatic rings. The summed E-state index contributed by atoms with van der Waals surface area (Å²) in [5.41, 5.74) is -0.0111. The maximum absolute atomic E-state index is 13.2. The van der Waals surface area contributed by atoms with Gasteiger partial charge in [-0.2, -0.15) is 13.2 Å². The number of methoxy groups -OCH3 is 1. The Morgan fingerprint density at radius 1 is 1.12 bits per heavy atom. The number of aliphatic hydroxyl groups is 1. The molecule has 2 atom stereocenters. The number of amides is 1. The molecular formula is C32H42F3N3O4. The lowest BCUT2D eigenvalue weighted by molar-refractivity contribution is -0.137. The molecule has 1 saturated carbocycles. The zero-order valence-corrected chi connectivity index (χ0v) is 24.7. The number of hydrogen-bond donors (Lipinski definition) is 1. The highest BCUT2D eigenvalue weighted by molar-refractivity contribution is 5.98. The van der Waals surface area contributed by atoms with Crippen molar-refractivity contribution in [3.8, 4) is 0 Å². The number of pyridine rings is 1. The van der Waals surface area contributed by atoms with Gasteiger partial charge in [-0.05, 0) is 88.2 Å². The molecule has 2 fully saturated rings. The van der Waals surface area contributed by atoms with Crippen LogP contribution in [-0.2, 0) is 27.9 Å². The molecule has 1 aliphatic carbocycles. The van der Waals surface area contributed by atoms with Crippen LogP contribution in [0.2, 0.25) is 0 Å². The second kappa shape index (κ2) is 13.7. The molecule has 7 nitrogen and oxygen atoms in total. The van der Waals surface area contributed by atoms with Crippen LogP contribution < -0.4 is 0 Å². The Balaban J connectivity index is 1.29. The predicted octanol–water partition coefficient (Wildman–Crippen LogP) is 5.46. The number of carbonyl (C=O) groups is 2. The molecule has 1 aromatic heterocycles. The lowest BCUT2D eigenvalue weighted by Gasteiger charge is -2.36. The van der Waals surface area contributed by atoms with Crippen molar-refractivity contribution >= 4 is 11.7 Å². The number of benzene rings is 1. The van der Waals surface area contributed by atoms with Crippen LogP contribution in [0.5, 0.6) is 0 Å². The molecule has 0 unspecified atom stereocenters. The fraction of sp³-hybridized carbons (Fsp3) is 0.594. The van der Waals surface area contributed by atoms with Gasteiger partial charge in [-0.3, -0.25) is 14.6 Å². The van der Waals surface area contributed by atoms with E-state index in [0.29, 0.717) is 31.9 Å². The van der Waals surface area contributed by atoms with Crippen LogP contribution >= 0.6 is 0 Å². The molecule has 230 valence electrons. The van der Waals surface area contributed by atoms with Crippen LogP contribution in [0.3, 0.4) is 0 Å². The molecule has 10 heteroatoms. The molecule has 1 aliphatic heterocycles. The molecule has 1 N–H and O–H groups in total. The van der Waals surface area contributed by atoms with E-state index in [1.54, 1.807) is 12.0 Å². The van der Waals surface area contributed by atoms with Crippen molar-refractivity contribution < 1.29 is 32.6 Å². The van der Waals surface area contributed by atoms with E-state index in [4.69, 9.17) is 4.74 Å². The zero-order chi connectivity index (χ0) is 30.5. The third-order valence-corrected chi connectivity index (χ3v) is 8.66. The second-order valence-electron chi connectivity index (χ2n) is 12.3. The van der Waals surface area contributed by atoms with Gasteiger partial charge in [0, 0.05) is 44.8 Å². The van der Waals surface area contributed by atoms with Crippen molar-refractivity contribution in [3.63, 3.8) is 0 Å². The Morgan fingerprint density at radius 3 is 2.48 bits per heavy atom. The highest BCUT2D eigenvalue weighted by atomic mass is 19.4. The van der Waals surface area contributed by atoms with Crippen molar-refractivity contribution in [2.24, 2.45) is 11.8 Å². The first-order chi connectivity index (χ1) is 19.9. The molecular weight excluding hydrogens is 547 g/mol. The summed E-state index contributed by atoms with van der Waals surface area (Å²) in [6.45, 7) is 1.76. The van der Waals surface area contributed by atoms with E-state index >= 15 is 0 Å². The number of aromatic nitrogens is 1. The minimum Gasteiger partial charge on any atom is -0.384 e. The summed E-state index contributed by atoms with van der Waals surface area (Å²) in [5.74, 6) is 0.0589. The SMILES string of the molecule is COC[C@@H]1C[C@H](CC2CCC(O)(c3ccc(CN(C)C)cn3)CC2)CN1C(=O)CCC(=O)c1cccc(C(F)(F)F)c1. The maximum atomic E-state index is 13.2. The van der Waals surface area contributed by atoms with E-state index in [-0.39, 0.29) is 36.3 Å². The summed E-state index contributed by atoms with van der Waals surface area (Å²) in [7, 11) is 5.60. The number of hydrogen-bond acceptors (Lipinski definition) is 6. The summed E-state index contributed by atoms with van der Waals surface area (Å²) in [6.07, 6.45) is 1.89. The fourth-order valence-electron chi connectivity index (χ4n) is 6.49. The van der Waals surface area contributed by atoms with E-state index < -0.39 is 23.1 Å². The minimum absolute atomic E-state index is 0.0395. The van der Waals surface area contributed by atoms with Crippen LogP contribution in [0.25, 0.3) is 0 Å². The van der Waals surface area contributed by atoms with Crippen LogP contribution in [0.4, 0.5) is 13.2 Å². The molecule has 0 spiro atoms. The molecule has 0 radical (unpaired) electrons. The topological polar surface area (TPSA) is 83.0 Å². The molecule has 1 saturated heterocycles.